The van der Waals surface area contributed by atoms with Crippen LogP contribution in [0.5, 0.6) is 0 Å². The van der Waals surface area contributed by atoms with Crippen LogP contribution >= 0.6 is 23.5 Å². The Kier molecular flexibility index (Phi) is 7.04. The monoisotopic (exact) mass is 275 g/mol. The minimum absolute atomic E-state index is 0.0925. The molecule has 2 unspecified atom stereocenters. The number of hydrogen-bond acceptors (Lipinski definition) is 4. The largest absolute Gasteiger partial charge is 0.294 e. The fourth-order valence-electron chi connectivity index (χ4n) is 1.57. The smallest absolute Gasteiger partial charge is 0.241 e. The van der Waals surface area contributed by atoms with E-state index in [0.29, 0.717) is 0 Å². The highest BCUT2D eigenvalue weighted by Gasteiger charge is 2.41. The molecule has 1 aliphatic heterocycles. The van der Waals surface area contributed by atoms with Crippen LogP contribution in [-0.4, -0.2) is 33.8 Å². The van der Waals surface area contributed by atoms with E-state index in [1.165, 1.54) is 0 Å². The van der Waals surface area contributed by atoms with Gasteiger partial charge in [0.05, 0.1) is 0 Å². The molecule has 1 saturated heterocycles. The van der Waals surface area contributed by atoms with Crippen LogP contribution in [-0.2, 0) is 9.59 Å². The van der Waals surface area contributed by atoms with Gasteiger partial charge in [-0.1, -0.05) is 26.7 Å². The molecular weight excluding hydrogens is 254 g/mol. The van der Waals surface area contributed by atoms with E-state index < -0.39 is 0 Å². The average Bonchev–Trinajstić information content (AvgIpc) is 2.56. The average molecular weight is 275 g/mol. The summed E-state index contributed by atoms with van der Waals surface area (Å²) in [5.74, 6) is 1.74. The molecule has 2 amide bonds. The van der Waals surface area contributed by atoms with Crippen LogP contribution in [0.3, 0.4) is 0 Å². The maximum absolute atomic E-state index is 11.7. The molecule has 0 saturated carbocycles. The Balaban J connectivity index is 2.44. The zero-order chi connectivity index (χ0) is 12.7. The van der Waals surface area contributed by atoms with Crippen molar-refractivity contribution in [3.63, 3.8) is 0 Å². The number of thioether (sulfide) groups is 2. The lowest BCUT2D eigenvalue weighted by atomic mass is 10.3. The van der Waals surface area contributed by atoms with Crippen molar-refractivity contribution in [1.82, 2.24) is 5.32 Å². The molecule has 98 valence electrons. The van der Waals surface area contributed by atoms with Crippen LogP contribution in [0.2, 0.25) is 0 Å². The highest BCUT2D eigenvalue weighted by molar-refractivity contribution is 8.04. The van der Waals surface area contributed by atoms with Crippen LogP contribution in [0.15, 0.2) is 0 Å². The first-order valence-corrected chi connectivity index (χ1v) is 8.38. The van der Waals surface area contributed by atoms with E-state index in [2.05, 4.69) is 19.2 Å². The fourth-order valence-corrected chi connectivity index (χ4v) is 4.48. The number of amides is 2. The summed E-state index contributed by atoms with van der Waals surface area (Å²) in [6, 6.07) is 0. The molecule has 1 N–H and O–H groups in total. The molecular formula is C12H21NO2S2. The zero-order valence-electron chi connectivity index (χ0n) is 10.5. The van der Waals surface area contributed by atoms with Gasteiger partial charge in [0.15, 0.2) is 0 Å². The maximum atomic E-state index is 11.7. The number of imide groups is 1. The van der Waals surface area contributed by atoms with Crippen molar-refractivity contribution in [3.05, 3.63) is 0 Å². The van der Waals surface area contributed by atoms with Gasteiger partial charge in [0.1, 0.15) is 10.5 Å². The van der Waals surface area contributed by atoms with Crippen LogP contribution < -0.4 is 5.32 Å². The molecule has 2 atom stereocenters. The Labute approximate surface area is 112 Å². The Morgan fingerprint density at radius 3 is 1.71 bits per heavy atom. The summed E-state index contributed by atoms with van der Waals surface area (Å²) in [5.41, 5.74) is 0. The van der Waals surface area contributed by atoms with Crippen LogP contribution in [0.4, 0.5) is 0 Å². The lowest BCUT2D eigenvalue weighted by Gasteiger charge is -2.14. The lowest BCUT2D eigenvalue weighted by molar-refractivity contribution is -0.124. The molecule has 0 spiro atoms. The second-order valence-electron chi connectivity index (χ2n) is 4.14. The van der Waals surface area contributed by atoms with Gasteiger partial charge in [0.25, 0.3) is 0 Å². The first-order chi connectivity index (χ1) is 8.20. The minimum atomic E-state index is -0.170. The predicted octanol–water partition coefficient (Wildman–Crippen LogP) is 2.45. The minimum Gasteiger partial charge on any atom is -0.294 e. The molecule has 0 aromatic heterocycles. The molecule has 0 bridgehead atoms. The van der Waals surface area contributed by atoms with E-state index in [4.69, 9.17) is 0 Å². The van der Waals surface area contributed by atoms with Gasteiger partial charge in [0.2, 0.25) is 11.8 Å². The van der Waals surface area contributed by atoms with E-state index in [0.717, 1.165) is 37.2 Å². The SMILES string of the molecule is CCCCSC1C(=O)NC(=O)C1SCCCC. The van der Waals surface area contributed by atoms with E-state index in [9.17, 15) is 9.59 Å². The van der Waals surface area contributed by atoms with Gasteiger partial charge in [-0.2, -0.15) is 0 Å². The van der Waals surface area contributed by atoms with Crippen molar-refractivity contribution in [2.24, 2.45) is 0 Å². The molecule has 5 heteroatoms. The molecule has 0 aliphatic carbocycles. The molecule has 0 radical (unpaired) electrons. The number of carbonyl (C=O) groups is 2. The summed E-state index contributed by atoms with van der Waals surface area (Å²) in [7, 11) is 0. The summed E-state index contributed by atoms with van der Waals surface area (Å²) in [4.78, 5) is 23.3. The fraction of sp³-hybridized carbons (Fsp3) is 0.833. The second-order valence-corrected chi connectivity index (χ2v) is 6.64. The molecule has 3 nitrogen and oxygen atoms in total. The van der Waals surface area contributed by atoms with E-state index in [-0.39, 0.29) is 22.3 Å². The van der Waals surface area contributed by atoms with Crippen molar-refractivity contribution < 1.29 is 9.59 Å². The quantitative estimate of drug-likeness (QED) is 0.546. The van der Waals surface area contributed by atoms with Crippen LogP contribution in [0.25, 0.3) is 0 Å². The van der Waals surface area contributed by atoms with E-state index >= 15 is 0 Å². The van der Waals surface area contributed by atoms with Crippen molar-refractivity contribution in [1.29, 1.82) is 0 Å². The van der Waals surface area contributed by atoms with Crippen LogP contribution in [0.1, 0.15) is 39.5 Å². The summed E-state index contributed by atoms with van der Waals surface area (Å²) >= 11 is 3.27. The highest BCUT2D eigenvalue weighted by Crippen LogP contribution is 2.30. The van der Waals surface area contributed by atoms with Gasteiger partial charge in [-0.3, -0.25) is 14.9 Å². The number of unbranched alkanes of at least 4 members (excludes halogenated alkanes) is 2. The molecule has 1 rings (SSSR count). The molecule has 1 aliphatic rings. The predicted molar refractivity (Wildman–Crippen MR) is 75.5 cm³/mol. The Morgan fingerprint density at radius 1 is 0.941 bits per heavy atom. The maximum Gasteiger partial charge on any atom is 0.241 e. The standard InChI is InChI=1S/C12H21NO2S2/c1-3-5-7-16-9-10(17-8-6-4-2)12(15)13-11(9)14/h9-10H,3-8H2,1-2H3,(H,13,14,15). The molecule has 1 fully saturated rings. The van der Waals surface area contributed by atoms with Crippen LogP contribution in [0, 0.1) is 0 Å². The molecule has 1 heterocycles. The van der Waals surface area contributed by atoms with Gasteiger partial charge in [-0.15, -0.1) is 23.5 Å². The Hall–Kier alpha value is -0.160. The van der Waals surface area contributed by atoms with Gasteiger partial charge < -0.3 is 0 Å². The van der Waals surface area contributed by atoms with E-state index in [1.54, 1.807) is 23.5 Å². The topological polar surface area (TPSA) is 46.2 Å². The van der Waals surface area contributed by atoms with E-state index in [1.807, 2.05) is 0 Å². The molecule has 17 heavy (non-hydrogen) atoms. The lowest BCUT2D eigenvalue weighted by Crippen LogP contribution is -2.24. The highest BCUT2D eigenvalue weighted by atomic mass is 32.2. The van der Waals surface area contributed by atoms with Crippen molar-refractivity contribution in [2.45, 2.75) is 50.0 Å². The number of carbonyl (C=O) groups excluding carboxylic acids is 2. The van der Waals surface area contributed by atoms with Gasteiger partial charge in [0, 0.05) is 0 Å². The summed E-state index contributed by atoms with van der Waals surface area (Å²) in [5, 5.41) is 2.11. The van der Waals surface area contributed by atoms with Crippen molar-refractivity contribution >= 4 is 35.3 Å². The molecule has 0 aromatic rings. The Morgan fingerprint density at radius 2 is 1.35 bits per heavy atom. The summed E-state index contributed by atoms with van der Waals surface area (Å²) < 4.78 is 0. The third-order valence-corrected chi connectivity index (χ3v) is 5.54. The summed E-state index contributed by atoms with van der Waals surface area (Å²) in [6.07, 6.45) is 4.47. The first kappa shape index (κ1) is 14.9. The van der Waals surface area contributed by atoms with Crippen molar-refractivity contribution in [2.75, 3.05) is 11.5 Å². The molecule has 0 aromatic carbocycles. The third-order valence-electron chi connectivity index (χ3n) is 2.63. The zero-order valence-corrected chi connectivity index (χ0v) is 12.2. The van der Waals surface area contributed by atoms with Gasteiger partial charge in [-0.25, -0.2) is 0 Å². The second kappa shape index (κ2) is 8.03. The van der Waals surface area contributed by atoms with Gasteiger partial charge >= 0.3 is 0 Å². The number of hydrogen-bond donors (Lipinski definition) is 1. The van der Waals surface area contributed by atoms with Crippen molar-refractivity contribution in [3.8, 4) is 0 Å². The van der Waals surface area contributed by atoms with Gasteiger partial charge in [-0.05, 0) is 24.3 Å². The number of rotatable bonds is 8. The normalized spacial score (nSPS) is 24.1. The summed E-state index contributed by atoms with van der Waals surface area (Å²) in [6.45, 7) is 4.27. The third kappa shape index (κ3) is 4.54. The first-order valence-electron chi connectivity index (χ1n) is 6.28. The number of nitrogens with one attached hydrogen (secondary N) is 1. The Bertz CT molecular complexity index is 245.